The van der Waals surface area contributed by atoms with Gasteiger partial charge in [0.05, 0.1) is 12.5 Å². The lowest BCUT2D eigenvalue weighted by atomic mass is 9.95. The second-order valence-electron chi connectivity index (χ2n) is 5.79. The van der Waals surface area contributed by atoms with Crippen LogP contribution in [0.3, 0.4) is 0 Å². The molecule has 0 aromatic heterocycles. The zero-order valence-electron chi connectivity index (χ0n) is 13.0. The van der Waals surface area contributed by atoms with E-state index in [-0.39, 0.29) is 18.4 Å². The van der Waals surface area contributed by atoms with E-state index in [1.54, 1.807) is 4.90 Å². The van der Waals surface area contributed by atoms with Crippen molar-refractivity contribution in [1.82, 2.24) is 4.90 Å². The molecule has 0 saturated heterocycles. The van der Waals surface area contributed by atoms with Gasteiger partial charge in [-0.3, -0.25) is 4.79 Å². The minimum Gasteiger partial charge on any atom is -0.492 e. The number of hydrogen-bond donors (Lipinski definition) is 1. The van der Waals surface area contributed by atoms with Crippen molar-refractivity contribution >= 4 is 5.91 Å². The number of hydrogen-bond acceptors (Lipinski definition) is 3. The molecule has 4 heteroatoms. The van der Waals surface area contributed by atoms with Crippen LogP contribution in [-0.2, 0) is 17.8 Å². The van der Waals surface area contributed by atoms with Crippen molar-refractivity contribution in [3.8, 4) is 5.75 Å². The van der Waals surface area contributed by atoms with E-state index in [1.165, 1.54) is 0 Å². The van der Waals surface area contributed by atoms with Gasteiger partial charge in [-0.05, 0) is 23.6 Å². The van der Waals surface area contributed by atoms with Crippen LogP contribution in [0.15, 0.2) is 54.6 Å². The van der Waals surface area contributed by atoms with Crippen molar-refractivity contribution in [2.75, 3.05) is 19.8 Å². The third-order valence-electron chi connectivity index (χ3n) is 4.13. The maximum atomic E-state index is 12.8. The number of rotatable bonds is 5. The highest BCUT2D eigenvalue weighted by atomic mass is 16.5. The Morgan fingerprint density at radius 3 is 2.65 bits per heavy atom. The van der Waals surface area contributed by atoms with Crippen molar-refractivity contribution in [1.29, 1.82) is 0 Å². The zero-order valence-corrected chi connectivity index (χ0v) is 13.0. The van der Waals surface area contributed by atoms with Crippen LogP contribution in [0.4, 0.5) is 0 Å². The molecule has 1 atom stereocenters. The molecular formula is C19H21NO3. The van der Waals surface area contributed by atoms with Gasteiger partial charge in [-0.1, -0.05) is 48.5 Å². The van der Waals surface area contributed by atoms with Crippen LogP contribution in [0.2, 0.25) is 0 Å². The second-order valence-corrected chi connectivity index (χ2v) is 5.79. The summed E-state index contributed by atoms with van der Waals surface area (Å²) in [6, 6.07) is 17.7. The molecule has 0 fully saturated rings. The average Bonchev–Trinajstić information content (AvgIpc) is 2.61. The minimum absolute atomic E-state index is 0.0390. The van der Waals surface area contributed by atoms with E-state index in [4.69, 9.17) is 4.74 Å². The van der Waals surface area contributed by atoms with Gasteiger partial charge in [0.2, 0.25) is 5.91 Å². The predicted octanol–water partition coefficient (Wildman–Crippen LogP) is 2.26. The molecule has 0 aliphatic carbocycles. The van der Waals surface area contributed by atoms with Gasteiger partial charge in [0, 0.05) is 13.1 Å². The number of ether oxygens (including phenoxy) is 1. The molecule has 23 heavy (non-hydrogen) atoms. The first-order valence-electron chi connectivity index (χ1n) is 7.92. The molecule has 0 radical (unpaired) electrons. The van der Waals surface area contributed by atoms with Crippen LogP contribution in [0.5, 0.6) is 5.75 Å². The Balaban J connectivity index is 1.71. The summed E-state index contributed by atoms with van der Waals surface area (Å²) in [7, 11) is 0. The smallest absolute Gasteiger partial charge is 0.229 e. The number of aliphatic hydroxyl groups is 1. The molecule has 120 valence electrons. The van der Waals surface area contributed by atoms with Gasteiger partial charge in [0.25, 0.3) is 0 Å². The van der Waals surface area contributed by atoms with Gasteiger partial charge in [-0.25, -0.2) is 0 Å². The van der Waals surface area contributed by atoms with Gasteiger partial charge in [-0.15, -0.1) is 0 Å². The van der Waals surface area contributed by atoms with Crippen LogP contribution >= 0.6 is 0 Å². The van der Waals surface area contributed by atoms with E-state index in [1.807, 2.05) is 54.6 Å². The minimum atomic E-state index is -0.194. The molecule has 1 aliphatic rings. The summed E-state index contributed by atoms with van der Waals surface area (Å²) >= 11 is 0. The Kier molecular flexibility index (Phi) is 4.93. The summed E-state index contributed by atoms with van der Waals surface area (Å²) in [6.45, 7) is 1.21. The molecule has 1 heterocycles. The zero-order chi connectivity index (χ0) is 16.1. The van der Waals surface area contributed by atoms with Crippen LogP contribution in [0.25, 0.3) is 0 Å². The topological polar surface area (TPSA) is 49.8 Å². The fourth-order valence-corrected chi connectivity index (χ4v) is 2.94. The molecule has 2 aromatic carbocycles. The molecule has 0 saturated carbocycles. The predicted molar refractivity (Wildman–Crippen MR) is 88.1 cm³/mol. The molecular weight excluding hydrogens is 290 g/mol. The molecule has 0 spiro atoms. The lowest BCUT2D eigenvalue weighted by molar-refractivity contribution is -0.138. The highest BCUT2D eigenvalue weighted by Crippen LogP contribution is 2.28. The third kappa shape index (κ3) is 3.71. The molecule has 1 N–H and O–H groups in total. The number of amides is 1. The Morgan fingerprint density at radius 1 is 1.13 bits per heavy atom. The maximum absolute atomic E-state index is 12.8. The van der Waals surface area contributed by atoms with Crippen molar-refractivity contribution < 1.29 is 14.6 Å². The summed E-state index contributed by atoms with van der Waals surface area (Å²) in [5, 5.41) is 9.29. The first kappa shape index (κ1) is 15.6. The van der Waals surface area contributed by atoms with Crippen molar-refractivity contribution in [2.24, 2.45) is 5.92 Å². The van der Waals surface area contributed by atoms with Crippen LogP contribution in [0.1, 0.15) is 11.1 Å². The highest BCUT2D eigenvalue weighted by molar-refractivity contribution is 5.79. The quantitative estimate of drug-likeness (QED) is 0.921. The molecule has 4 nitrogen and oxygen atoms in total. The summed E-state index contributed by atoms with van der Waals surface area (Å²) < 4.78 is 5.73. The molecule has 1 amide bonds. The number of para-hydroxylation sites is 1. The fourth-order valence-electron chi connectivity index (χ4n) is 2.94. The average molecular weight is 311 g/mol. The van der Waals surface area contributed by atoms with Crippen molar-refractivity contribution in [3.63, 3.8) is 0 Å². The molecule has 0 unspecified atom stereocenters. The number of carbonyl (C=O) groups excluding carboxylic acids is 1. The van der Waals surface area contributed by atoms with E-state index in [0.717, 1.165) is 16.9 Å². The van der Waals surface area contributed by atoms with E-state index in [0.29, 0.717) is 26.1 Å². The van der Waals surface area contributed by atoms with Gasteiger partial charge in [-0.2, -0.15) is 0 Å². The first-order chi connectivity index (χ1) is 11.3. The monoisotopic (exact) mass is 311 g/mol. The second kappa shape index (κ2) is 7.29. The Bertz CT molecular complexity index is 657. The fraction of sp³-hybridized carbons (Fsp3) is 0.316. The standard InChI is InChI=1S/C19H21NO3/c21-11-10-20(13-15-6-2-1-3-7-15)19(22)17-12-16-8-4-5-9-18(16)23-14-17/h1-9,17,21H,10-14H2/t17-/m0/s1. The Labute approximate surface area is 136 Å². The summed E-state index contributed by atoms with van der Waals surface area (Å²) in [6.07, 6.45) is 0.686. The number of benzene rings is 2. The number of nitrogens with zero attached hydrogens (tertiary/aromatic N) is 1. The van der Waals surface area contributed by atoms with Crippen LogP contribution < -0.4 is 4.74 Å². The molecule has 2 aromatic rings. The summed E-state index contributed by atoms with van der Waals surface area (Å²) in [4.78, 5) is 14.6. The maximum Gasteiger partial charge on any atom is 0.229 e. The Hall–Kier alpha value is -2.33. The van der Waals surface area contributed by atoms with Gasteiger partial charge in [0.1, 0.15) is 12.4 Å². The molecule has 3 rings (SSSR count). The van der Waals surface area contributed by atoms with E-state index >= 15 is 0 Å². The van der Waals surface area contributed by atoms with Crippen LogP contribution in [-0.4, -0.2) is 35.7 Å². The SMILES string of the molecule is O=C([C@@H]1COc2ccccc2C1)N(CCO)Cc1ccccc1. The normalized spacial score (nSPS) is 16.3. The first-order valence-corrected chi connectivity index (χ1v) is 7.92. The lowest BCUT2D eigenvalue weighted by Gasteiger charge is -2.30. The van der Waals surface area contributed by atoms with Crippen LogP contribution in [0, 0.1) is 5.92 Å². The van der Waals surface area contributed by atoms with E-state index in [2.05, 4.69) is 0 Å². The number of aliphatic hydroxyl groups excluding tert-OH is 1. The third-order valence-corrected chi connectivity index (χ3v) is 4.13. The van der Waals surface area contributed by atoms with Gasteiger partial charge in [0.15, 0.2) is 0 Å². The van der Waals surface area contributed by atoms with E-state index in [9.17, 15) is 9.90 Å². The number of fused-ring (bicyclic) bond motifs is 1. The van der Waals surface area contributed by atoms with Crippen molar-refractivity contribution in [3.05, 3.63) is 65.7 Å². The lowest BCUT2D eigenvalue weighted by Crippen LogP contribution is -2.41. The molecule has 1 aliphatic heterocycles. The van der Waals surface area contributed by atoms with Gasteiger partial charge >= 0.3 is 0 Å². The summed E-state index contributed by atoms with van der Waals surface area (Å²) in [5.41, 5.74) is 2.13. The summed E-state index contributed by atoms with van der Waals surface area (Å²) in [5.74, 6) is 0.714. The largest absolute Gasteiger partial charge is 0.492 e. The van der Waals surface area contributed by atoms with E-state index < -0.39 is 0 Å². The van der Waals surface area contributed by atoms with Crippen molar-refractivity contribution in [2.45, 2.75) is 13.0 Å². The molecule has 0 bridgehead atoms. The van der Waals surface area contributed by atoms with Gasteiger partial charge < -0.3 is 14.7 Å². The number of carbonyl (C=O) groups is 1. The Morgan fingerprint density at radius 2 is 1.87 bits per heavy atom. The highest BCUT2D eigenvalue weighted by Gasteiger charge is 2.29.